The van der Waals surface area contributed by atoms with Gasteiger partial charge in [-0.1, -0.05) is 43.2 Å². The molecule has 0 aromatic carbocycles. The molecule has 0 bridgehead atoms. The molecule has 62 valence electrons. The molecule has 0 aromatic rings. The van der Waals surface area contributed by atoms with E-state index in [-0.39, 0.29) is 0 Å². The van der Waals surface area contributed by atoms with Crippen molar-refractivity contribution in [2.75, 3.05) is 5.75 Å². The first-order chi connectivity index (χ1) is 5.31. The first-order valence-corrected chi connectivity index (χ1v) is 5.65. The summed E-state index contributed by atoms with van der Waals surface area (Å²) in [6.07, 6.45) is 6.85. The van der Waals surface area contributed by atoms with Crippen LogP contribution < -0.4 is 5.32 Å². The zero-order chi connectivity index (χ0) is 7.73. The van der Waals surface area contributed by atoms with Gasteiger partial charge in [-0.25, -0.2) is 0 Å². The van der Waals surface area contributed by atoms with Crippen molar-refractivity contribution in [3.8, 4) is 0 Å². The molecule has 1 heterocycles. The highest BCUT2D eigenvalue weighted by molar-refractivity contribution is 8.23. The highest BCUT2D eigenvalue weighted by atomic mass is 32.2. The average Bonchev–Trinajstić information content (AvgIpc) is 2.34. The van der Waals surface area contributed by atoms with Crippen LogP contribution in [-0.2, 0) is 0 Å². The maximum Gasteiger partial charge on any atom is 0.134 e. The second-order valence-corrected chi connectivity index (χ2v) is 5.19. The molecule has 0 atom stereocenters. The van der Waals surface area contributed by atoms with E-state index in [4.69, 9.17) is 12.2 Å². The molecule has 1 aliphatic heterocycles. The highest BCUT2D eigenvalue weighted by Crippen LogP contribution is 2.35. The summed E-state index contributed by atoms with van der Waals surface area (Å²) in [5.74, 6) is 1.21. The van der Waals surface area contributed by atoms with Crippen LogP contribution in [0.15, 0.2) is 0 Å². The Morgan fingerprint density at radius 2 is 2.00 bits per heavy atom. The topological polar surface area (TPSA) is 12.0 Å². The number of hydrogen-bond acceptors (Lipinski definition) is 2. The van der Waals surface area contributed by atoms with Crippen LogP contribution in [0.2, 0.25) is 0 Å². The molecular weight excluding hydrogens is 174 g/mol. The molecule has 1 saturated heterocycles. The van der Waals surface area contributed by atoms with Crippen molar-refractivity contribution in [2.24, 2.45) is 0 Å². The van der Waals surface area contributed by atoms with E-state index in [1.807, 2.05) is 11.8 Å². The van der Waals surface area contributed by atoms with Crippen molar-refractivity contribution >= 4 is 28.3 Å². The van der Waals surface area contributed by atoms with E-state index in [2.05, 4.69) is 5.32 Å². The number of nitrogens with one attached hydrogen (secondary N) is 1. The zero-order valence-electron chi connectivity index (χ0n) is 6.56. The van der Waals surface area contributed by atoms with Crippen LogP contribution in [0.1, 0.15) is 32.1 Å². The first kappa shape index (κ1) is 7.87. The quantitative estimate of drug-likeness (QED) is 0.584. The Balaban J connectivity index is 2.03. The van der Waals surface area contributed by atoms with Crippen LogP contribution in [0, 0.1) is 0 Å². The van der Waals surface area contributed by atoms with E-state index in [0.717, 1.165) is 4.32 Å². The summed E-state index contributed by atoms with van der Waals surface area (Å²) in [6.45, 7) is 0. The zero-order valence-corrected chi connectivity index (χ0v) is 8.19. The molecule has 0 aromatic heterocycles. The maximum absolute atomic E-state index is 5.12. The van der Waals surface area contributed by atoms with E-state index >= 15 is 0 Å². The van der Waals surface area contributed by atoms with E-state index in [0.29, 0.717) is 5.54 Å². The molecule has 1 aliphatic carbocycles. The molecule has 0 radical (unpaired) electrons. The van der Waals surface area contributed by atoms with E-state index in [9.17, 15) is 0 Å². The van der Waals surface area contributed by atoms with Crippen molar-refractivity contribution < 1.29 is 0 Å². The average molecular weight is 187 g/mol. The van der Waals surface area contributed by atoms with Gasteiger partial charge < -0.3 is 5.32 Å². The van der Waals surface area contributed by atoms with Gasteiger partial charge in [0.15, 0.2) is 0 Å². The van der Waals surface area contributed by atoms with Crippen LogP contribution in [0.4, 0.5) is 0 Å². The lowest BCUT2D eigenvalue weighted by atomic mass is 9.83. The van der Waals surface area contributed by atoms with Gasteiger partial charge in [0.05, 0.1) is 0 Å². The Labute approximate surface area is 77.3 Å². The monoisotopic (exact) mass is 187 g/mol. The summed E-state index contributed by atoms with van der Waals surface area (Å²) in [7, 11) is 0. The minimum atomic E-state index is 0.417. The van der Waals surface area contributed by atoms with Gasteiger partial charge in [0, 0.05) is 11.3 Å². The van der Waals surface area contributed by atoms with Crippen molar-refractivity contribution in [3.63, 3.8) is 0 Å². The summed E-state index contributed by atoms with van der Waals surface area (Å²) in [5.41, 5.74) is 0.417. The smallest absolute Gasteiger partial charge is 0.134 e. The summed E-state index contributed by atoms with van der Waals surface area (Å²) >= 11 is 6.95. The van der Waals surface area contributed by atoms with Crippen LogP contribution in [-0.4, -0.2) is 15.6 Å². The minimum Gasteiger partial charge on any atom is -0.365 e. The first-order valence-electron chi connectivity index (χ1n) is 4.26. The third-order valence-corrected chi connectivity index (χ3v) is 4.17. The van der Waals surface area contributed by atoms with Crippen LogP contribution in [0.25, 0.3) is 0 Å². The molecule has 1 saturated carbocycles. The van der Waals surface area contributed by atoms with Crippen molar-refractivity contribution in [3.05, 3.63) is 0 Å². The summed E-state index contributed by atoms with van der Waals surface area (Å²) in [6, 6.07) is 0. The molecule has 2 aliphatic rings. The molecule has 0 amide bonds. The summed E-state index contributed by atoms with van der Waals surface area (Å²) in [4.78, 5) is 0. The van der Waals surface area contributed by atoms with Crippen molar-refractivity contribution in [1.29, 1.82) is 0 Å². The highest BCUT2D eigenvalue weighted by Gasteiger charge is 2.37. The lowest BCUT2D eigenvalue weighted by Gasteiger charge is -2.32. The fourth-order valence-electron chi connectivity index (χ4n) is 1.99. The Bertz CT molecular complexity index is 173. The standard InChI is InChI=1S/C8H13NS2/c10-7-9-8(6-11-7)4-2-1-3-5-8/h1-6H2,(H,9,10). The lowest BCUT2D eigenvalue weighted by molar-refractivity contribution is 0.305. The van der Waals surface area contributed by atoms with E-state index < -0.39 is 0 Å². The molecular formula is C8H13NS2. The van der Waals surface area contributed by atoms with Gasteiger partial charge in [-0.15, -0.1) is 0 Å². The molecule has 11 heavy (non-hydrogen) atoms. The molecule has 1 spiro atoms. The normalized spacial score (nSPS) is 28.9. The lowest BCUT2D eigenvalue weighted by Crippen LogP contribution is -2.44. The van der Waals surface area contributed by atoms with Gasteiger partial charge in [0.25, 0.3) is 0 Å². The molecule has 0 unspecified atom stereocenters. The van der Waals surface area contributed by atoms with Crippen LogP contribution in [0.3, 0.4) is 0 Å². The number of rotatable bonds is 0. The van der Waals surface area contributed by atoms with E-state index in [1.165, 1.54) is 37.9 Å². The van der Waals surface area contributed by atoms with Crippen LogP contribution in [0.5, 0.6) is 0 Å². The molecule has 1 N–H and O–H groups in total. The largest absolute Gasteiger partial charge is 0.365 e. The van der Waals surface area contributed by atoms with Gasteiger partial charge in [-0.3, -0.25) is 0 Å². The summed E-state index contributed by atoms with van der Waals surface area (Å²) < 4.78 is 1.02. The third-order valence-electron chi connectivity index (χ3n) is 2.66. The minimum absolute atomic E-state index is 0.417. The Hall–Kier alpha value is 0.240. The van der Waals surface area contributed by atoms with Crippen molar-refractivity contribution in [1.82, 2.24) is 5.32 Å². The fraction of sp³-hybridized carbons (Fsp3) is 0.875. The molecule has 1 nitrogen and oxygen atoms in total. The van der Waals surface area contributed by atoms with Crippen molar-refractivity contribution in [2.45, 2.75) is 37.6 Å². The van der Waals surface area contributed by atoms with E-state index in [1.54, 1.807) is 0 Å². The Morgan fingerprint density at radius 3 is 2.55 bits per heavy atom. The second kappa shape index (κ2) is 2.94. The maximum atomic E-state index is 5.12. The predicted octanol–water partition coefficient (Wildman–Crippen LogP) is 2.31. The van der Waals surface area contributed by atoms with Gasteiger partial charge in [0.2, 0.25) is 0 Å². The molecule has 3 heteroatoms. The Kier molecular flexibility index (Phi) is 2.10. The van der Waals surface area contributed by atoms with Crippen LogP contribution >= 0.6 is 24.0 Å². The Morgan fingerprint density at radius 1 is 1.27 bits per heavy atom. The molecule has 2 rings (SSSR count). The fourth-order valence-corrected chi connectivity index (χ4v) is 3.44. The van der Waals surface area contributed by atoms with Gasteiger partial charge in [-0.2, -0.15) is 0 Å². The summed E-state index contributed by atoms with van der Waals surface area (Å²) in [5, 5.41) is 3.46. The number of hydrogen-bond donors (Lipinski definition) is 1. The second-order valence-electron chi connectivity index (χ2n) is 3.54. The number of thioether (sulfide) groups is 1. The predicted molar refractivity (Wildman–Crippen MR) is 54.0 cm³/mol. The molecule has 2 fully saturated rings. The van der Waals surface area contributed by atoms with Gasteiger partial charge in [-0.05, 0) is 12.8 Å². The number of thiocarbonyl (C=S) groups is 1. The van der Waals surface area contributed by atoms with Gasteiger partial charge >= 0.3 is 0 Å². The third kappa shape index (κ3) is 1.54. The van der Waals surface area contributed by atoms with Gasteiger partial charge in [0.1, 0.15) is 4.32 Å². The SMILES string of the molecule is S=C1NC2(CCCCC2)CS1.